The van der Waals surface area contributed by atoms with Gasteiger partial charge in [-0.05, 0) is 43.9 Å². The van der Waals surface area contributed by atoms with Gasteiger partial charge in [-0.2, -0.15) is 0 Å². The molecule has 0 radical (unpaired) electrons. The molecule has 0 bridgehead atoms. The minimum Gasteiger partial charge on any atom is -0.389 e. The van der Waals surface area contributed by atoms with Crippen molar-refractivity contribution in [1.82, 2.24) is 20.4 Å². The molecule has 0 spiro atoms. The highest BCUT2D eigenvalue weighted by molar-refractivity contribution is 5.92. The Balaban J connectivity index is 1.50. The second-order valence-electron chi connectivity index (χ2n) is 8.69. The van der Waals surface area contributed by atoms with E-state index in [-0.39, 0.29) is 29.2 Å². The Morgan fingerprint density at radius 3 is 2.60 bits per heavy atom. The van der Waals surface area contributed by atoms with Crippen molar-refractivity contribution < 1.29 is 9.90 Å². The molecule has 1 amide bonds. The molecular weight excluding hydrogens is 380 g/mol. The average Bonchev–Trinajstić information content (AvgIpc) is 3.44. The Labute approximate surface area is 176 Å². The van der Waals surface area contributed by atoms with Gasteiger partial charge in [0.05, 0.1) is 17.8 Å². The maximum atomic E-state index is 13.0. The van der Waals surface area contributed by atoms with Crippen LogP contribution < -0.4 is 16.2 Å². The molecule has 3 atom stereocenters. The summed E-state index contributed by atoms with van der Waals surface area (Å²) in [6, 6.07) is 10.2. The lowest BCUT2D eigenvalue weighted by atomic mass is 9.82. The van der Waals surface area contributed by atoms with Crippen LogP contribution in [0.15, 0.2) is 41.2 Å². The van der Waals surface area contributed by atoms with Gasteiger partial charge in [-0.1, -0.05) is 50.3 Å². The zero-order valence-electron chi connectivity index (χ0n) is 17.3. The monoisotopic (exact) mass is 412 g/mol. The molecular formula is C23H32N4O3. The molecule has 7 nitrogen and oxygen atoms in total. The fraction of sp³-hybridized carbons (Fsp3) is 0.565. The van der Waals surface area contributed by atoms with Crippen molar-refractivity contribution in [3.8, 4) is 5.69 Å². The third-order valence-corrected chi connectivity index (χ3v) is 6.53. The minimum atomic E-state index is -0.638. The number of carbonyl (C=O) groups excluding carboxylic acids is 1. The zero-order valence-corrected chi connectivity index (χ0v) is 17.3. The van der Waals surface area contributed by atoms with Crippen molar-refractivity contribution >= 4 is 5.91 Å². The summed E-state index contributed by atoms with van der Waals surface area (Å²) in [4.78, 5) is 25.4. The van der Waals surface area contributed by atoms with Crippen LogP contribution >= 0.6 is 0 Å². The van der Waals surface area contributed by atoms with Gasteiger partial charge in [0, 0.05) is 12.1 Å². The Bertz CT molecular complexity index is 879. The Morgan fingerprint density at radius 1 is 1.13 bits per heavy atom. The molecule has 1 aliphatic carbocycles. The first-order valence-corrected chi connectivity index (χ1v) is 11.2. The number of nitrogens with zero attached hydrogens (tertiary/aromatic N) is 1. The standard InChI is InChI=1S/C23H32N4O3/c28-21-15-20(26-27(21)17-10-5-2-6-11-17)23(30)25-19(14-16-8-3-1-4-9-16)22(29)18-12-7-13-24-18/h2,5-6,10-11,15-16,18-19,22,24,26,29H,1,3-4,7-9,12-14H2,(H,25,30)/t18-,19+,22-/m1/s1. The molecule has 0 unspecified atom stereocenters. The number of aliphatic hydroxyl groups is 1. The Morgan fingerprint density at radius 2 is 1.90 bits per heavy atom. The van der Waals surface area contributed by atoms with Gasteiger partial charge < -0.3 is 15.7 Å². The maximum Gasteiger partial charge on any atom is 0.271 e. The molecule has 2 fully saturated rings. The van der Waals surface area contributed by atoms with Gasteiger partial charge in [0.15, 0.2) is 0 Å². The van der Waals surface area contributed by atoms with Crippen molar-refractivity contribution in [2.75, 3.05) is 6.54 Å². The lowest BCUT2D eigenvalue weighted by Gasteiger charge is -2.32. The maximum absolute atomic E-state index is 13.0. The van der Waals surface area contributed by atoms with Gasteiger partial charge in [0.2, 0.25) is 0 Å². The minimum absolute atomic E-state index is 0.00635. The molecule has 1 aromatic carbocycles. The van der Waals surface area contributed by atoms with E-state index in [1.165, 1.54) is 30.0 Å². The van der Waals surface area contributed by atoms with Crippen LogP contribution in [0, 0.1) is 5.92 Å². The number of benzene rings is 1. The van der Waals surface area contributed by atoms with Crippen LogP contribution in [0.1, 0.15) is 61.9 Å². The van der Waals surface area contributed by atoms with Gasteiger partial charge in [0.1, 0.15) is 5.69 Å². The molecule has 2 aliphatic rings. The van der Waals surface area contributed by atoms with Crippen molar-refractivity contribution in [2.24, 2.45) is 5.92 Å². The molecule has 2 aromatic rings. The van der Waals surface area contributed by atoms with Crippen LogP contribution in [0.2, 0.25) is 0 Å². The smallest absolute Gasteiger partial charge is 0.271 e. The van der Waals surface area contributed by atoms with E-state index in [1.807, 2.05) is 18.2 Å². The third kappa shape index (κ3) is 4.84. The van der Waals surface area contributed by atoms with Gasteiger partial charge in [-0.3, -0.25) is 14.7 Å². The number of rotatable bonds is 7. The summed E-state index contributed by atoms with van der Waals surface area (Å²) >= 11 is 0. The van der Waals surface area contributed by atoms with E-state index < -0.39 is 6.10 Å². The van der Waals surface area contributed by atoms with Crippen molar-refractivity contribution in [2.45, 2.75) is 69.6 Å². The number of aliphatic hydroxyl groups excluding tert-OH is 1. The van der Waals surface area contributed by atoms with Gasteiger partial charge >= 0.3 is 0 Å². The SMILES string of the molecule is O=C(N[C@@H](CC1CCCCC1)[C@H](O)[C@H]1CCCN1)c1cc(=O)n(-c2ccccc2)[nH]1. The number of hydrogen-bond donors (Lipinski definition) is 4. The van der Waals surface area contributed by atoms with Crippen LogP contribution in [0.25, 0.3) is 5.69 Å². The highest BCUT2D eigenvalue weighted by Crippen LogP contribution is 2.29. The second kappa shape index (κ2) is 9.62. The van der Waals surface area contributed by atoms with Gasteiger partial charge in [0.25, 0.3) is 11.5 Å². The highest BCUT2D eigenvalue weighted by Gasteiger charge is 2.33. The van der Waals surface area contributed by atoms with Crippen LogP contribution in [-0.4, -0.2) is 45.5 Å². The first-order valence-electron chi connectivity index (χ1n) is 11.2. The molecule has 1 saturated carbocycles. The van der Waals surface area contributed by atoms with E-state index in [0.717, 1.165) is 38.6 Å². The van der Waals surface area contributed by atoms with Crippen LogP contribution in [0.4, 0.5) is 0 Å². The summed E-state index contributed by atoms with van der Waals surface area (Å²) in [6.45, 7) is 0.902. The molecule has 1 aromatic heterocycles. The molecule has 162 valence electrons. The summed E-state index contributed by atoms with van der Waals surface area (Å²) in [5.41, 5.74) is 0.604. The number of aromatic nitrogens is 2. The summed E-state index contributed by atoms with van der Waals surface area (Å²) in [7, 11) is 0. The number of hydrogen-bond acceptors (Lipinski definition) is 4. The van der Waals surface area contributed by atoms with E-state index in [9.17, 15) is 14.7 Å². The van der Waals surface area contributed by atoms with Crippen LogP contribution in [-0.2, 0) is 0 Å². The fourth-order valence-corrected chi connectivity index (χ4v) is 4.88. The summed E-state index contributed by atoms with van der Waals surface area (Å²) in [6.07, 6.45) is 8.10. The molecule has 1 aliphatic heterocycles. The van der Waals surface area contributed by atoms with Gasteiger partial charge in [-0.25, -0.2) is 4.68 Å². The highest BCUT2D eigenvalue weighted by atomic mass is 16.3. The molecule has 30 heavy (non-hydrogen) atoms. The molecule has 2 heterocycles. The lowest BCUT2D eigenvalue weighted by Crippen LogP contribution is -2.52. The summed E-state index contributed by atoms with van der Waals surface area (Å²) in [5.74, 6) is 0.174. The largest absolute Gasteiger partial charge is 0.389 e. The van der Waals surface area contributed by atoms with Crippen LogP contribution in [0.3, 0.4) is 0 Å². The lowest BCUT2D eigenvalue weighted by molar-refractivity contribution is 0.0653. The zero-order chi connectivity index (χ0) is 20.9. The van der Waals surface area contributed by atoms with E-state index in [1.54, 1.807) is 12.1 Å². The first-order chi connectivity index (χ1) is 14.6. The Kier molecular flexibility index (Phi) is 6.69. The molecule has 7 heteroatoms. The van der Waals surface area contributed by atoms with Crippen LogP contribution in [0.5, 0.6) is 0 Å². The molecule has 4 rings (SSSR count). The summed E-state index contributed by atoms with van der Waals surface area (Å²) in [5, 5.41) is 20.3. The van der Waals surface area contributed by atoms with Crippen molar-refractivity contribution in [1.29, 1.82) is 0 Å². The normalized spacial score (nSPS) is 22.0. The fourth-order valence-electron chi connectivity index (χ4n) is 4.88. The van der Waals surface area contributed by atoms with Crippen molar-refractivity contribution in [3.63, 3.8) is 0 Å². The third-order valence-electron chi connectivity index (χ3n) is 6.53. The van der Waals surface area contributed by atoms with E-state index >= 15 is 0 Å². The second-order valence-corrected chi connectivity index (χ2v) is 8.69. The number of aromatic amines is 1. The number of nitrogens with one attached hydrogen (secondary N) is 3. The topological polar surface area (TPSA) is 99.2 Å². The average molecular weight is 413 g/mol. The predicted octanol–water partition coefficient (Wildman–Crippen LogP) is 2.35. The molecule has 4 N–H and O–H groups in total. The summed E-state index contributed by atoms with van der Waals surface area (Å²) < 4.78 is 1.36. The predicted molar refractivity (Wildman–Crippen MR) is 116 cm³/mol. The number of H-pyrrole nitrogens is 1. The number of carbonyl (C=O) groups is 1. The Hall–Kier alpha value is -2.38. The molecule has 1 saturated heterocycles. The number of para-hydroxylation sites is 1. The van der Waals surface area contributed by atoms with E-state index in [2.05, 4.69) is 15.7 Å². The van der Waals surface area contributed by atoms with Gasteiger partial charge in [-0.15, -0.1) is 0 Å². The van der Waals surface area contributed by atoms with E-state index in [4.69, 9.17) is 0 Å². The van der Waals surface area contributed by atoms with E-state index in [0.29, 0.717) is 11.6 Å². The first kappa shape index (κ1) is 20.9. The number of amides is 1. The quantitative estimate of drug-likeness (QED) is 0.561. The van der Waals surface area contributed by atoms with Crippen molar-refractivity contribution in [3.05, 3.63) is 52.4 Å².